The Bertz CT molecular complexity index is 1330. The van der Waals surface area contributed by atoms with Gasteiger partial charge in [0.1, 0.15) is 18.8 Å². The van der Waals surface area contributed by atoms with E-state index in [2.05, 4.69) is 18.7 Å². The molecule has 2 aliphatic rings. The highest BCUT2D eigenvalue weighted by atomic mass is 16.6. The average Bonchev–Trinajstić information content (AvgIpc) is 3.08. The van der Waals surface area contributed by atoms with Crippen LogP contribution in [-0.2, 0) is 9.53 Å². The van der Waals surface area contributed by atoms with Gasteiger partial charge in [-0.2, -0.15) is 0 Å². The highest BCUT2D eigenvalue weighted by Crippen LogP contribution is 2.42. The molecule has 2 aliphatic heterocycles. The minimum absolute atomic E-state index is 0.0729. The molecule has 252 valence electrons. The number of hydrogen-bond donors (Lipinski definition) is 1. The Morgan fingerprint density at radius 2 is 1.61 bits per heavy atom. The third-order valence-electron chi connectivity index (χ3n) is 7.84. The molecule has 0 aromatic heterocycles. The molecule has 12 nitrogen and oxygen atoms in total. The van der Waals surface area contributed by atoms with E-state index in [4.69, 9.17) is 33.2 Å². The molecule has 1 N–H and O–H groups in total. The second kappa shape index (κ2) is 17.0. The van der Waals surface area contributed by atoms with Crippen LogP contribution < -0.4 is 28.4 Å². The van der Waals surface area contributed by atoms with Crippen LogP contribution in [-0.4, -0.2) is 114 Å². The van der Waals surface area contributed by atoms with E-state index in [1.165, 1.54) is 0 Å². The Morgan fingerprint density at radius 1 is 0.935 bits per heavy atom. The summed E-state index contributed by atoms with van der Waals surface area (Å²) in [7, 11) is 4.64. The first-order valence-corrected chi connectivity index (χ1v) is 15.6. The molecule has 1 atom stereocenters. The lowest BCUT2D eigenvalue weighted by molar-refractivity contribution is -0.127. The third-order valence-corrected chi connectivity index (χ3v) is 7.84. The number of esters is 1. The number of nitrogens with zero attached hydrogens (tertiary/aromatic N) is 2. The van der Waals surface area contributed by atoms with Crippen LogP contribution in [0.25, 0.3) is 6.08 Å². The number of fused-ring (bicyclic) bond motifs is 1. The summed E-state index contributed by atoms with van der Waals surface area (Å²) in [6, 6.07) is 6.87. The van der Waals surface area contributed by atoms with Crippen molar-refractivity contribution in [1.29, 1.82) is 0 Å². The van der Waals surface area contributed by atoms with Gasteiger partial charge in [0, 0.05) is 44.7 Å². The quantitative estimate of drug-likeness (QED) is 0.227. The molecule has 2 aromatic rings. The summed E-state index contributed by atoms with van der Waals surface area (Å²) in [5, 5.41) is 10.1. The highest BCUT2D eigenvalue weighted by Gasteiger charge is 2.27. The van der Waals surface area contributed by atoms with Crippen LogP contribution in [0, 0.1) is 11.8 Å². The van der Waals surface area contributed by atoms with Gasteiger partial charge in [-0.1, -0.05) is 13.8 Å². The van der Waals surface area contributed by atoms with Crippen molar-refractivity contribution in [3.63, 3.8) is 0 Å². The molecule has 46 heavy (non-hydrogen) atoms. The number of piperazine rings is 1. The summed E-state index contributed by atoms with van der Waals surface area (Å²) in [6.45, 7) is 8.33. The van der Waals surface area contributed by atoms with Gasteiger partial charge in [0.2, 0.25) is 17.4 Å². The van der Waals surface area contributed by atoms with E-state index in [-0.39, 0.29) is 25.0 Å². The molecule has 0 aliphatic carbocycles. The number of carbonyl (C=O) groups excluding carboxylic acids is 2. The van der Waals surface area contributed by atoms with E-state index in [1.807, 2.05) is 0 Å². The number of methoxy groups -OCH3 is 3. The fourth-order valence-electron chi connectivity index (χ4n) is 5.21. The maximum Gasteiger partial charge on any atom is 0.342 e. The minimum atomic E-state index is -0.462. The van der Waals surface area contributed by atoms with E-state index in [1.54, 1.807) is 62.6 Å². The lowest BCUT2D eigenvalue weighted by atomic mass is 10.1. The van der Waals surface area contributed by atoms with Gasteiger partial charge in [-0.05, 0) is 48.2 Å². The first-order valence-electron chi connectivity index (χ1n) is 15.6. The van der Waals surface area contributed by atoms with Crippen LogP contribution in [0.2, 0.25) is 0 Å². The molecule has 0 radical (unpaired) electrons. The van der Waals surface area contributed by atoms with Crippen LogP contribution in [0.5, 0.6) is 34.5 Å². The summed E-state index contributed by atoms with van der Waals surface area (Å²) in [5.74, 6) is 2.35. The number of rotatable bonds is 15. The molecule has 1 unspecified atom stereocenters. The van der Waals surface area contributed by atoms with Gasteiger partial charge in [0.25, 0.3) is 0 Å². The van der Waals surface area contributed by atoms with Crippen LogP contribution in [0.15, 0.2) is 30.3 Å². The molecule has 2 heterocycles. The average molecular weight is 643 g/mol. The van der Waals surface area contributed by atoms with Crippen LogP contribution in [0.4, 0.5) is 0 Å². The van der Waals surface area contributed by atoms with Gasteiger partial charge in [-0.3, -0.25) is 9.69 Å². The van der Waals surface area contributed by atoms with Crippen molar-refractivity contribution < 1.29 is 47.9 Å². The number of aliphatic hydroxyl groups excluding tert-OH is 1. The second-order valence-electron chi connectivity index (χ2n) is 11.6. The standard InChI is InChI=1S/C34H46N2O10/c1-23(2)10-15-45-34(39)26-7-8-27(33-31(26)43-16-17-44-33)46-22-25(21-37)20-35-11-13-36(14-12-35)30(38)9-6-24-18-28(40-3)32(42-5)29(19-24)41-4/h6-9,18-19,23,25,37H,10-17,20-22H2,1-5H3/b9-6+. The summed E-state index contributed by atoms with van der Waals surface area (Å²) in [6.07, 6.45) is 4.05. The zero-order valence-electron chi connectivity index (χ0n) is 27.4. The monoisotopic (exact) mass is 642 g/mol. The Hall–Kier alpha value is -4.16. The van der Waals surface area contributed by atoms with Crippen LogP contribution >= 0.6 is 0 Å². The van der Waals surface area contributed by atoms with Gasteiger partial charge in [-0.15, -0.1) is 0 Å². The van der Waals surface area contributed by atoms with Gasteiger partial charge in [0.05, 0.1) is 41.2 Å². The number of aliphatic hydroxyl groups is 1. The fourth-order valence-corrected chi connectivity index (χ4v) is 5.21. The number of ether oxygens (including phenoxy) is 7. The third kappa shape index (κ3) is 8.97. The lowest BCUT2D eigenvalue weighted by Crippen LogP contribution is -2.50. The SMILES string of the molecule is COc1cc(/C=C/C(=O)N2CCN(CC(CO)COc3ccc(C(=O)OCCC(C)C)c4c3OCCO4)CC2)cc(OC)c1OC. The first-order chi connectivity index (χ1) is 22.3. The van der Waals surface area contributed by atoms with E-state index < -0.39 is 5.97 Å². The fraction of sp³-hybridized carbons (Fsp3) is 0.529. The summed E-state index contributed by atoms with van der Waals surface area (Å²) >= 11 is 0. The minimum Gasteiger partial charge on any atom is -0.493 e. The van der Waals surface area contributed by atoms with Crippen molar-refractivity contribution in [2.24, 2.45) is 11.8 Å². The van der Waals surface area contributed by atoms with E-state index in [0.717, 1.165) is 12.0 Å². The predicted molar refractivity (Wildman–Crippen MR) is 171 cm³/mol. The Morgan fingerprint density at radius 3 is 2.22 bits per heavy atom. The van der Waals surface area contributed by atoms with E-state index >= 15 is 0 Å². The second-order valence-corrected chi connectivity index (χ2v) is 11.6. The number of benzene rings is 2. The summed E-state index contributed by atoms with van der Waals surface area (Å²) in [5.41, 5.74) is 1.05. The predicted octanol–water partition coefficient (Wildman–Crippen LogP) is 3.53. The Balaban J connectivity index is 1.29. The van der Waals surface area contributed by atoms with Gasteiger partial charge in [0.15, 0.2) is 23.0 Å². The largest absolute Gasteiger partial charge is 0.493 e. The van der Waals surface area contributed by atoms with Crippen molar-refractivity contribution >= 4 is 18.0 Å². The van der Waals surface area contributed by atoms with E-state index in [0.29, 0.717) is 98.5 Å². The maximum atomic E-state index is 12.9. The smallest absolute Gasteiger partial charge is 0.342 e. The van der Waals surface area contributed by atoms with Crippen LogP contribution in [0.1, 0.15) is 36.2 Å². The zero-order valence-corrected chi connectivity index (χ0v) is 27.4. The van der Waals surface area contributed by atoms with Crippen molar-refractivity contribution in [1.82, 2.24) is 9.80 Å². The Labute approximate surface area is 270 Å². The molecule has 12 heteroatoms. The zero-order chi connectivity index (χ0) is 33.1. The molecule has 1 fully saturated rings. The van der Waals surface area contributed by atoms with Crippen molar-refractivity contribution in [3.8, 4) is 34.5 Å². The number of amides is 1. The molecule has 0 spiro atoms. The summed E-state index contributed by atoms with van der Waals surface area (Å²) < 4.78 is 39.3. The topological polar surface area (TPSA) is 125 Å². The van der Waals surface area contributed by atoms with Crippen LogP contribution in [0.3, 0.4) is 0 Å². The Kier molecular flexibility index (Phi) is 12.8. The van der Waals surface area contributed by atoms with Crippen molar-refractivity contribution in [2.75, 3.05) is 87.1 Å². The van der Waals surface area contributed by atoms with Gasteiger partial charge in [-0.25, -0.2) is 4.79 Å². The molecular formula is C34H46N2O10. The molecule has 2 aromatic carbocycles. The number of hydrogen-bond acceptors (Lipinski definition) is 11. The molecule has 0 bridgehead atoms. The maximum absolute atomic E-state index is 12.9. The summed E-state index contributed by atoms with van der Waals surface area (Å²) in [4.78, 5) is 29.6. The normalized spacial score (nSPS) is 15.5. The molecule has 0 saturated carbocycles. The molecule has 4 rings (SSSR count). The molecular weight excluding hydrogens is 596 g/mol. The van der Waals surface area contributed by atoms with E-state index in [9.17, 15) is 14.7 Å². The lowest BCUT2D eigenvalue weighted by Gasteiger charge is -2.35. The molecule has 1 saturated heterocycles. The highest BCUT2D eigenvalue weighted by molar-refractivity contribution is 5.94. The van der Waals surface area contributed by atoms with Crippen molar-refractivity contribution in [3.05, 3.63) is 41.5 Å². The first kappa shape index (κ1) is 34.7. The molecule has 1 amide bonds. The van der Waals surface area contributed by atoms with Gasteiger partial charge >= 0.3 is 5.97 Å². The van der Waals surface area contributed by atoms with Gasteiger partial charge < -0.3 is 43.2 Å². The van der Waals surface area contributed by atoms with Crippen molar-refractivity contribution in [2.45, 2.75) is 20.3 Å². The number of carbonyl (C=O) groups is 2.